The van der Waals surface area contributed by atoms with Crippen LogP contribution in [0.1, 0.15) is 51.3 Å². The first-order valence-corrected chi connectivity index (χ1v) is 6.99. The first kappa shape index (κ1) is 17.2. The van der Waals surface area contributed by atoms with E-state index >= 15 is 0 Å². The molecule has 0 fully saturated rings. The number of carbonyl (C=O) groups is 2. The van der Waals surface area contributed by atoms with Crippen molar-refractivity contribution in [3.63, 3.8) is 0 Å². The van der Waals surface area contributed by atoms with Crippen molar-refractivity contribution < 1.29 is 14.7 Å². The first-order valence-electron chi connectivity index (χ1n) is 6.99. The quantitative estimate of drug-likeness (QED) is 0.773. The van der Waals surface area contributed by atoms with Crippen LogP contribution in [-0.4, -0.2) is 23.0 Å². The minimum Gasteiger partial charge on any atom is -0.481 e. The number of amides is 1. The van der Waals surface area contributed by atoms with Crippen LogP contribution in [0, 0.1) is 0 Å². The number of carboxylic acid groups (broad SMARTS) is 1. The van der Waals surface area contributed by atoms with Crippen LogP contribution >= 0.6 is 0 Å². The predicted octanol–water partition coefficient (Wildman–Crippen LogP) is 1.96. The molecule has 2 atom stereocenters. The molecule has 5 nitrogen and oxygen atoms in total. The highest BCUT2D eigenvalue weighted by molar-refractivity contribution is 5.86. The van der Waals surface area contributed by atoms with Crippen molar-refractivity contribution in [3.05, 3.63) is 35.4 Å². The molecule has 0 aliphatic rings. The van der Waals surface area contributed by atoms with Crippen molar-refractivity contribution in [2.24, 2.45) is 5.73 Å². The minimum atomic E-state index is -1.08. The van der Waals surface area contributed by atoms with E-state index in [1.807, 2.05) is 31.2 Å². The summed E-state index contributed by atoms with van der Waals surface area (Å²) in [6, 6.07) is 6.76. The summed E-state index contributed by atoms with van der Waals surface area (Å²) in [6.07, 6.45) is -0.373. The smallest absolute Gasteiger partial charge is 0.305 e. The van der Waals surface area contributed by atoms with E-state index in [-0.39, 0.29) is 17.9 Å². The molecule has 0 aliphatic carbocycles. The first-order chi connectivity index (χ1) is 9.61. The van der Waals surface area contributed by atoms with Crippen LogP contribution in [0.4, 0.5) is 0 Å². The maximum absolute atomic E-state index is 11.8. The Kier molecular flexibility index (Phi) is 5.49. The molecule has 0 saturated heterocycles. The third kappa shape index (κ3) is 5.19. The Balaban J connectivity index is 2.69. The standard InChI is InChI=1S/C16H24N2O3/c1-10(18-15(21)13(17)9-14(19)20)11-5-7-12(8-6-11)16(2,3)4/h5-8,10,13H,9,17H2,1-4H3,(H,18,21)(H,19,20). The van der Waals surface area contributed by atoms with Gasteiger partial charge in [-0.2, -0.15) is 0 Å². The molecule has 5 heteroatoms. The number of rotatable bonds is 5. The Morgan fingerprint density at radius 3 is 2.19 bits per heavy atom. The van der Waals surface area contributed by atoms with Gasteiger partial charge in [0.1, 0.15) is 0 Å². The average Bonchev–Trinajstić information content (AvgIpc) is 2.36. The van der Waals surface area contributed by atoms with Gasteiger partial charge in [0.25, 0.3) is 0 Å². The molecule has 1 rings (SSSR count). The van der Waals surface area contributed by atoms with Crippen LogP contribution in [0.15, 0.2) is 24.3 Å². The van der Waals surface area contributed by atoms with E-state index in [1.165, 1.54) is 5.56 Å². The van der Waals surface area contributed by atoms with Crippen molar-refractivity contribution >= 4 is 11.9 Å². The molecule has 1 aromatic rings. The minimum absolute atomic E-state index is 0.0782. The number of aliphatic carboxylic acids is 1. The maximum atomic E-state index is 11.8. The molecule has 21 heavy (non-hydrogen) atoms. The Morgan fingerprint density at radius 2 is 1.76 bits per heavy atom. The zero-order valence-electron chi connectivity index (χ0n) is 13.0. The molecule has 0 radical (unpaired) electrons. The third-order valence-corrected chi connectivity index (χ3v) is 3.37. The Bertz CT molecular complexity index is 503. The zero-order valence-corrected chi connectivity index (χ0v) is 13.0. The molecular formula is C16H24N2O3. The van der Waals surface area contributed by atoms with Crippen molar-refractivity contribution in [2.75, 3.05) is 0 Å². The number of carbonyl (C=O) groups excluding carboxylic acids is 1. The summed E-state index contributed by atoms with van der Waals surface area (Å²) in [5.41, 5.74) is 7.78. The predicted molar refractivity (Wildman–Crippen MR) is 81.9 cm³/mol. The van der Waals surface area contributed by atoms with Crippen LogP contribution in [0.5, 0.6) is 0 Å². The molecule has 0 spiro atoms. The fraction of sp³-hybridized carbons (Fsp3) is 0.500. The molecule has 2 unspecified atom stereocenters. The monoisotopic (exact) mass is 292 g/mol. The van der Waals surface area contributed by atoms with E-state index in [2.05, 4.69) is 26.1 Å². The second-order valence-corrected chi connectivity index (χ2v) is 6.31. The number of benzene rings is 1. The van der Waals surface area contributed by atoms with Crippen molar-refractivity contribution in [1.29, 1.82) is 0 Å². The lowest BCUT2D eigenvalue weighted by molar-refractivity contribution is -0.139. The number of nitrogens with one attached hydrogen (secondary N) is 1. The maximum Gasteiger partial charge on any atom is 0.305 e. The Labute approximate surface area is 125 Å². The van der Waals surface area contributed by atoms with Gasteiger partial charge < -0.3 is 16.2 Å². The lowest BCUT2D eigenvalue weighted by atomic mass is 9.86. The third-order valence-electron chi connectivity index (χ3n) is 3.37. The van der Waals surface area contributed by atoms with Gasteiger partial charge in [0, 0.05) is 0 Å². The van der Waals surface area contributed by atoms with Crippen molar-refractivity contribution in [2.45, 2.75) is 51.6 Å². The van der Waals surface area contributed by atoms with Crippen LogP contribution in [0.25, 0.3) is 0 Å². The summed E-state index contributed by atoms with van der Waals surface area (Å²) in [5.74, 6) is -1.54. The summed E-state index contributed by atoms with van der Waals surface area (Å²) in [6.45, 7) is 8.26. The van der Waals surface area contributed by atoms with Crippen LogP contribution in [-0.2, 0) is 15.0 Å². The highest BCUT2D eigenvalue weighted by Crippen LogP contribution is 2.23. The highest BCUT2D eigenvalue weighted by Gasteiger charge is 2.20. The second-order valence-electron chi connectivity index (χ2n) is 6.31. The largest absolute Gasteiger partial charge is 0.481 e. The van der Waals surface area contributed by atoms with E-state index in [0.717, 1.165) is 5.56 Å². The van der Waals surface area contributed by atoms with Gasteiger partial charge in [0.05, 0.1) is 18.5 Å². The SMILES string of the molecule is CC(NC(=O)C(N)CC(=O)O)c1ccc(C(C)(C)C)cc1. The number of carboxylic acids is 1. The normalized spacial score (nSPS) is 14.3. The average molecular weight is 292 g/mol. The summed E-state index contributed by atoms with van der Waals surface area (Å²) < 4.78 is 0. The molecule has 0 heterocycles. The molecule has 0 saturated carbocycles. The summed E-state index contributed by atoms with van der Waals surface area (Å²) >= 11 is 0. The lowest BCUT2D eigenvalue weighted by Crippen LogP contribution is -2.42. The summed E-state index contributed by atoms with van der Waals surface area (Å²) in [4.78, 5) is 22.3. The van der Waals surface area contributed by atoms with E-state index < -0.39 is 17.9 Å². The van der Waals surface area contributed by atoms with E-state index in [1.54, 1.807) is 0 Å². The van der Waals surface area contributed by atoms with Crippen molar-refractivity contribution in [1.82, 2.24) is 5.32 Å². The molecule has 0 bridgehead atoms. The lowest BCUT2D eigenvalue weighted by Gasteiger charge is -2.21. The van der Waals surface area contributed by atoms with Gasteiger partial charge in [-0.05, 0) is 23.5 Å². The number of hydrogen-bond acceptors (Lipinski definition) is 3. The van der Waals surface area contributed by atoms with Gasteiger partial charge in [0.15, 0.2) is 0 Å². The Morgan fingerprint density at radius 1 is 1.24 bits per heavy atom. The van der Waals surface area contributed by atoms with Gasteiger partial charge in [-0.25, -0.2) is 0 Å². The molecule has 0 aliphatic heterocycles. The molecule has 1 aromatic carbocycles. The topological polar surface area (TPSA) is 92.4 Å². The van der Waals surface area contributed by atoms with E-state index in [9.17, 15) is 9.59 Å². The summed E-state index contributed by atoms with van der Waals surface area (Å²) in [7, 11) is 0. The molecule has 1 amide bonds. The van der Waals surface area contributed by atoms with Gasteiger partial charge in [-0.15, -0.1) is 0 Å². The molecule has 0 aromatic heterocycles. The zero-order chi connectivity index (χ0) is 16.2. The molecule has 4 N–H and O–H groups in total. The van der Waals surface area contributed by atoms with Crippen LogP contribution < -0.4 is 11.1 Å². The van der Waals surface area contributed by atoms with Crippen LogP contribution in [0.2, 0.25) is 0 Å². The Hall–Kier alpha value is -1.88. The summed E-state index contributed by atoms with van der Waals surface area (Å²) in [5, 5.41) is 11.4. The van der Waals surface area contributed by atoms with E-state index in [0.29, 0.717) is 0 Å². The number of hydrogen-bond donors (Lipinski definition) is 3. The van der Waals surface area contributed by atoms with Gasteiger partial charge >= 0.3 is 5.97 Å². The van der Waals surface area contributed by atoms with Gasteiger partial charge in [0.2, 0.25) is 5.91 Å². The van der Waals surface area contributed by atoms with Crippen molar-refractivity contribution in [3.8, 4) is 0 Å². The fourth-order valence-electron chi connectivity index (χ4n) is 1.96. The highest BCUT2D eigenvalue weighted by atomic mass is 16.4. The molecule has 116 valence electrons. The van der Waals surface area contributed by atoms with E-state index in [4.69, 9.17) is 10.8 Å². The van der Waals surface area contributed by atoms with Gasteiger partial charge in [-0.1, -0.05) is 45.0 Å². The number of nitrogens with two attached hydrogens (primary N) is 1. The van der Waals surface area contributed by atoms with Gasteiger partial charge in [-0.3, -0.25) is 9.59 Å². The fourth-order valence-corrected chi connectivity index (χ4v) is 1.96. The molecular weight excluding hydrogens is 268 g/mol. The second kappa shape index (κ2) is 6.72. The van der Waals surface area contributed by atoms with Crippen LogP contribution in [0.3, 0.4) is 0 Å².